The summed E-state index contributed by atoms with van der Waals surface area (Å²) >= 11 is 14.9. The van der Waals surface area contributed by atoms with Gasteiger partial charge in [0.1, 0.15) is 0 Å². The summed E-state index contributed by atoms with van der Waals surface area (Å²) in [6, 6.07) is 2.20. The lowest BCUT2D eigenvalue weighted by Crippen LogP contribution is -2.41. The fourth-order valence-electron chi connectivity index (χ4n) is 4.45. The van der Waals surface area contributed by atoms with Gasteiger partial charge in [-0.15, -0.1) is 33.2 Å². The molecule has 0 aromatic carbocycles. The summed E-state index contributed by atoms with van der Waals surface area (Å²) in [5.74, 6) is 0. The molecule has 202 valence electrons. The zero-order valence-corrected chi connectivity index (χ0v) is 28.0. The molecule has 0 rings (SSSR count). The van der Waals surface area contributed by atoms with Crippen molar-refractivity contribution in [2.45, 2.75) is 180 Å². The van der Waals surface area contributed by atoms with Crippen molar-refractivity contribution in [1.82, 2.24) is 0 Å². The van der Waals surface area contributed by atoms with Crippen molar-refractivity contribution in [1.29, 1.82) is 0 Å². The molecule has 2 atom stereocenters. The summed E-state index contributed by atoms with van der Waals surface area (Å²) in [5, 5.41) is 0.149. The molecule has 0 heterocycles. The van der Waals surface area contributed by atoms with Gasteiger partial charge >= 0.3 is 0 Å². The molecule has 0 fully saturated rings. The minimum atomic E-state index is -2.23. The van der Waals surface area contributed by atoms with E-state index in [-0.39, 0.29) is 10.1 Å². The Balaban J connectivity index is 4.96. The first-order valence-electron chi connectivity index (χ1n) is 14.7. The molecule has 0 N–H and O–H groups in total. The monoisotopic (exact) mass is 546 g/mol. The van der Waals surface area contributed by atoms with Gasteiger partial charge in [0.25, 0.3) is 0 Å². The van der Waals surface area contributed by atoms with Crippen LogP contribution in [0.25, 0.3) is 0 Å². The topological polar surface area (TPSA) is 0 Å². The molecule has 0 spiro atoms. The van der Waals surface area contributed by atoms with Gasteiger partial charge in [0.2, 0.25) is 14.8 Å². The highest BCUT2D eigenvalue weighted by Crippen LogP contribution is 2.45. The number of halogens is 2. The molecule has 0 aromatic rings. The third kappa shape index (κ3) is 14.3. The average molecular weight is 548 g/mol. The molecular weight excluding hydrogens is 487 g/mol. The Morgan fingerprint density at radius 2 is 0.676 bits per heavy atom. The molecule has 34 heavy (non-hydrogen) atoms. The van der Waals surface area contributed by atoms with E-state index in [1.54, 1.807) is 0 Å². The Morgan fingerprint density at radius 1 is 0.441 bits per heavy atom. The lowest BCUT2D eigenvalue weighted by Gasteiger charge is -2.36. The zero-order valence-electron chi connectivity index (χ0n) is 24.5. The minimum absolute atomic E-state index is 0.0747. The van der Waals surface area contributed by atoms with Gasteiger partial charge < -0.3 is 0 Å². The lowest BCUT2D eigenvalue weighted by molar-refractivity contribution is 0.582. The Hall–Kier alpha value is 0.574. The van der Waals surface area contributed by atoms with E-state index in [0.717, 1.165) is 12.1 Å². The van der Waals surface area contributed by atoms with E-state index in [1.165, 1.54) is 103 Å². The van der Waals surface area contributed by atoms with E-state index in [4.69, 9.17) is 22.2 Å². The van der Waals surface area contributed by atoms with Crippen LogP contribution >= 0.6 is 22.2 Å². The first-order valence-corrected chi connectivity index (χ1v) is 21.2. The van der Waals surface area contributed by atoms with Crippen LogP contribution in [0.5, 0.6) is 0 Å². The van der Waals surface area contributed by atoms with E-state index in [0.29, 0.717) is 0 Å². The van der Waals surface area contributed by atoms with Gasteiger partial charge in [0, 0.05) is 0 Å². The quantitative estimate of drug-likeness (QED) is 0.0692. The van der Waals surface area contributed by atoms with Crippen molar-refractivity contribution in [3.05, 3.63) is 0 Å². The van der Waals surface area contributed by atoms with Crippen molar-refractivity contribution in [3.8, 4) is 11.1 Å². The summed E-state index contributed by atoms with van der Waals surface area (Å²) in [6.45, 7) is 18.4. The molecule has 0 aliphatic heterocycles. The Morgan fingerprint density at radius 3 is 0.912 bits per heavy atom. The van der Waals surface area contributed by atoms with E-state index < -0.39 is 14.8 Å². The molecule has 4 heteroatoms. The van der Waals surface area contributed by atoms with Gasteiger partial charge in [-0.1, -0.05) is 158 Å². The van der Waals surface area contributed by atoms with Crippen LogP contribution in [0.15, 0.2) is 0 Å². The van der Waals surface area contributed by atoms with Crippen LogP contribution in [-0.2, 0) is 0 Å². The number of hydrogen-bond acceptors (Lipinski definition) is 0. The maximum absolute atomic E-state index is 7.43. The summed E-state index contributed by atoms with van der Waals surface area (Å²) in [7, 11) is -4.46. The van der Waals surface area contributed by atoms with Crippen LogP contribution in [-0.4, -0.2) is 14.8 Å². The van der Waals surface area contributed by atoms with Gasteiger partial charge in [-0.25, -0.2) is 0 Å². The average Bonchev–Trinajstić information content (AvgIpc) is 2.74. The fraction of sp³-hybridized carbons (Fsp3) is 0.933. The molecule has 2 unspecified atom stereocenters. The van der Waals surface area contributed by atoms with E-state index >= 15 is 0 Å². The molecule has 0 aliphatic carbocycles. The summed E-state index contributed by atoms with van der Waals surface area (Å²) < 4.78 is 0. The largest absolute Gasteiger partial charge is 0.238 e. The van der Waals surface area contributed by atoms with Crippen molar-refractivity contribution < 1.29 is 0 Å². The first kappa shape index (κ1) is 34.6. The van der Waals surface area contributed by atoms with Crippen molar-refractivity contribution in [2.24, 2.45) is 0 Å². The fourth-order valence-corrected chi connectivity index (χ4v) is 11.7. The predicted octanol–water partition coefficient (Wildman–Crippen LogP) is 12.3. The van der Waals surface area contributed by atoms with Gasteiger partial charge in [0.05, 0.1) is 0 Å². The lowest BCUT2D eigenvalue weighted by atomic mass is 10.1. The van der Waals surface area contributed by atoms with E-state index in [1.807, 2.05) is 0 Å². The third-order valence-corrected chi connectivity index (χ3v) is 20.8. The molecule has 0 amide bonds. The Labute approximate surface area is 227 Å². The van der Waals surface area contributed by atoms with Crippen LogP contribution in [0, 0.1) is 11.1 Å². The molecular formula is C30H60Cl2Si2. The molecule has 0 aliphatic rings. The highest BCUT2D eigenvalue weighted by atomic mass is 35.6. The second-order valence-electron chi connectivity index (χ2n) is 12.8. The highest BCUT2D eigenvalue weighted by molar-refractivity contribution is 7.29. The molecule has 0 bridgehead atoms. The second kappa shape index (κ2) is 17.9. The maximum Gasteiger partial charge on any atom is 0.238 e. The SMILES string of the molecule is CCCCCCCCCC[Si](Cl)(C#C[Si](Cl)(CCCCCCCCCC)C(C)(C)C)C(C)(C)C. The van der Waals surface area contributed by atoms with E-state index in [2.05, 4.69) is 66.5 Å². The van der Waals surface area contributed by atoms with Crippen LogP contribution < -0.4 is 0 Å². The van der Waals surface area contributed by atoms with Crippen LogP contribution in [0.2, 0.25) is 22.2 Å². The minimum Gasteiger partial charge on any atom is -0.150 e. The summed E-state index contributed by atoms with van der Waals surface area (Å²) in [6.07, 6.45) is 21.5. The summed E-state index contributed by atoms with van der Waals surface area (Å²) in [5.41, 5.74) is 7.52. The van der Waals surface area contributed by atoms with Gasteiger partial charge in [0.15, 0.2) is 0 Å². The van der Waals surface area contributed by atoms with Crippen LogP contribution in [0.3, 0.4) is 0 Å². The van der Waals surface area contributed by atoms with Gasteiger partial charge in [-0.3, -0.25) is 0 Å². The normalized spacial score (nSPS) is 15.9. The Bertz CT molecular complexity index is 519. The number of unbranched alkanes of at least 4 members (excludes halogenated alkanes) is 14. The van der Waals surface area contributed by atoms with E-state index in [9.17, 15) is 0 Å². The van der Waals surface area contributed by atoms with Crippen molar-refractivity contribution in [3.63, 3.8) is 0 Å². The second-order valence-corrected chi connectivity index (χ2v) is 24.4. The van der Waals surface area contributed by atoms with Crippen molar-refractivity contribution in [2.75, 3.05) is 0 Å². The van der Waals surface area contributed by atoms with Crippen LogP contribution in [0.1, 0.15) is 158 Å². The van der Waals surface area contributed by atoms with Gasteiger partial charge in [-0.2, -0.15) is 0 Å². The van der Waals surface area contributed by atoms with Crippen LogP contribution in [0.4, 0.5) is 0 Å². The first-order chi connectivity index (χ1) is 15.8. The Kier molecular flexibility index (Phi) is 18.2. The predicted molar refractivity (Wildman–Crippen MR) is 165 cm³/mol. The zero-order chi connectivity index (χ0) is 26.1. The number of rotatable bonds is 18. The molecule has 0 radical (unpaired) electrons. The number of hydrogen-bond donors (Lipinski definition) is 0. The molecule has 0 saturated heterocycles. The maximum atomic E-state index is 7.43. The molecule has 0 saturated carbocycles. The smallest absolute Gasteiger partial charge is 0.150 e. The van der Waals surface area contributed by atoms with Gasteiger partial charge in [-0.05, 0) is 22.2 Å². The molecule has 0 aromatic heterocycles. The molecule has 0 nitrogen and oxygen atoms in total. The standard InChI is InChI=1S/C30H60Cl2Si2/c1-9-11-13-15-17-19-21-23-25-33(31,29(3,4)5)27-28-34(32,30(6,7)8)26-24-22-20-18-16-14-12-10-2/h9-26H2,1-8H3. The summed E-state index contributed by atoms with van der Waals surface area (Å²) in [4.78, 5) is 0. The van der Waals surface area contributed by atoms with Crippen molar-refractivity contribution >= 4 is 36.9 Å². The third-order valence-electron chi connectivity index (χ3n) is 7.59. The highest BCUT2D eigenvalue weighted by Gasteiger charge is 2.45.